The first-order valence-electron chi connectivity index (χ1n) is 9.30. The van der Waals surface area contributed by atoms with Crippen LogP contribution in [-0.2, 0) is 0 Å². The van der Waals surface area contributed by atoms with E-state index in [1.165, 1.54) is 46.6 Å². The van der Waals surface area contributed by atoms with E-state index in [-0.39, 0.29) is 0 Å². The van der Waals surface area contributed by atoms with Gasteiger partial charge in [-0.15, -0.1) is 22.7 Å². The molecule has 27 heavy (non-hydrogen) atoms. The molecule has 3 aromatic carbocycles. The van der Waals surface area contributed by atoms with Crippen LogP contribution >= 0.6 is 22.7 Å². The fourth-order valence-corrected chi connectivity index (χ4v) is 5.69. The van der Waals surface area contributed by atoms with Crippen molar-refractivity contribution >= 4 is 42.8 Å². The standard InChI is InChI=1S/C25H20S2/c1-16(2)17-8-10-19(11-9-17)23-13-21-15-24-20(14-25(21)27-23)12-22(26-24)18-6-4-3-5-7-18/h3-16H,1-2H3. The van der Waals surface area contributed by atoms with E-state index in [0.29, 0.717) is 5.92 Å². The van der Waals surface area contributed by atoms with Gasteiger partial charge in [-0.2, -0.15) is 0 Å². The molecule has 0 saturated carbocycles. The Kier molecular flexibility index (Phi) is 4.11. The van der Waals surface area contributed by atoms with Crippen molar-refractivity contribution in [3.8, 4) is 20.9 Å². The summed E-state index contributed by atoms with van der Waals surface area (Å²) in [5.74, 6) is 0.576. The number of rotatable bonds is 3. The van der Waals surface area contributed by atoms with Gasteiger partial charge in [-0.1, -0.05) is 68.4 Å². The lowest BCUT2D eigenvalue weighted by molar-refractivity contribution is 0.867. The number of hydrogen-bond donors (Lipinski definition) is 0. The van der Waals surface area contributed by atoms with Crippen molar-refractivity contribution in [2.24, 2.45) is 0 Å². The van der Waals surface area contributed by atoms with Crippen LogP contribution in [0.1, 0.15) is 25.3 Å². The van der Waals surface area contributed by atoms with E-state index in [1.54, 1.807) is 0 Å². The smallest absolute Gasteiger partial charge is 0.0356 e. The van der Waals surface area contributed by atoms with Crippen molar-refractivity contribution in [3.05, 3.63) is 84.4 Å². The molecule has 0 aliphatic heterocycles. The second kappa shape index (κ2) is 6.63. The number of benzene rings is 3. The Morgan fingerprint density at radius 2 is 1.11 bits per heavy atom. The minimum Gasteiger partial charge on any atom is -0.135 e. The van der Waals surface area contributed by atoms with Crippen LogP contribution in [0.25, 0.3) is 41.1 Å². The van der Waals surface area contributed by atoms with E-state index in [4.69, 9.17) is 0 Å². The van der Waals surface area contributed by atoms with Crippen LogP contribution in [-0.4, -0.2) is 0 Å². The minimum atomic E-state index is 0.576. The Bertz CT molecular complexity index is 1170. The summed E-state index contributed by atoms with van der Waals surface area (Å²) in [6.45, 7) is 4.48. The van der Waals surface area contributed by atoms with Crippen LogP contribution in [0, 0.1) is 0 Å². The first-order valence-corrected chi connectivity index (χ1v) is 10.9. The number of fused-ring (bicyclic) bond motifs is 2. The Hall–Kier alpha value is -2.42. The Labute approximate surface area is 167 Å². The molecule has 0 radical (unpaired) electrons. The van der Waals surface area contributed by atoms with E-state index in [9.17, 15) is 0 Å². The van der Waals surface area contributed by atoms with E-state index in [2.05, 4.69) is 92.7 Å². The third-order valence-electron chi connectivity index (χ3n) is 5.08. The first-order chi connectivity index (χ1) is 13.2. The van der Waals surface area contributed by atoms with Crippen LogP contribution in [0.4, 0.5) is 0 Å². The average molecular weight is 385 g/mol. The molecule has 0 bridgehead atoms. The number of hydrogen-bond acceptors (Lipinski definition) is 2. The summed E-state index contributed by atoms with van der Waals surface area (Å²) in [5, 5.41) is 2.69. The summed E-state index contributed by atoms with van der Waals surface area (Å²) in [6.07, 6.45) is 0. The Morgan fingerprint density at radius 1 is 0.593 bits per heavy atom. The second-order valence-corrected chi connectivity index (χ2v) is 9.46. The average Bonchev–Trinajstić information content (AvgIpc) is 3.30. The van der Waals surface area contributed by atoms with Gasteiger partial charge in [0.15, 0.2) is 0 Å². The van der Waals surface area contributed by atoms with Gasteiger partial charge in [-0.3, -0.25) is 0 Å². The van der Waals surface area contributed by atoms with Crippen molar-refractivity contribution in [1.82, 2.24) is 0 Å². The monoisotopic (exact) mass is 384 g/mol. The van der Waals surface area contributed by atoms with Gasteiger partial charge in [0.2, 0.25) is 0 Å². The van der Waals surface area contributed by atoms with E-state index in [1.807, 2.05) is 22.7 Å². The molecule has 2 heteroatoms. The maximum Gasteiger partial charge on any atom is 0.0356 e. The molecule has 0 atom stereocenters. The van der Waals surface area contributed by atoms with Gasteiger partial charge in [0.05, 0.1) is 0 Å². The first kappa shape index (κ1) is 16.7. The van der Waals surface area contributed by atoms with Gasteiger partial charge in [-0.25, -0.2) is 0 Å². The largest absolute Gasteiger partial charge is 0.135 e. The molecule has 2 aromatic heterocycles. The molecule has 0 aliphatic carbocycles. The van der Waals surface area contributed by atoms with Gasteiger partial charge in [0.1, 0.15) is 0 Å². The Balaban J connectivity index is 1.56. The predicted octanol–water partition coefficient (Wildman–Crippen LogP) is 8.57. The molecule has 0 aliphatic rings. The zero-order chi connectivity index (χ0) is 18.4. The van der Waals surface area contributed by atoms with E-state index >= 15 is 0 Å². The maximum absolute atomic E-state index is 2.35. The minimum absolute atomic E-state index is 0.576. The molecule has 0 amide bonds. The third-order valence-corrected chi connectivity index (χ3v) is 7.37. The van der Waals surface area contributed by atoms with Gasteiger partial charge < -0.3 is 0 Å². The van der Waals surface area contributed by atoms with Crippen LogP contribution in [0.5, 0.6) is 0 Å². The van der Waals surface area contributed by atoms with Gasteiger partial charge in [0.25, 0.3) is 0 Å². The van der Waals surface area contributed by atoms with E-state index < -0.39 is 0 Å². The van der Waals surface area contributed by atoms with Crippen LogP contribution in [0.3, 0.4) is 0 Å². The SMILES string of the molecule is CC(C)c1ccc(-c2cc3cc4sc(-c5ccccc5)cc4cc3s2)cc1. The summed E-state index contributed by atoms with van der Waals surface area (Å²) >= 11 is 3.77. The fraction of sp³-hybridized carbons (Fsp3) is 0.120. The zero-order valence-electron chi connectivity index (χ0n) is 15.4. The second-order valence-electron chi connectivity index (χ2n) is 7.29. The lowest BCUT2D eigenvalue weighted by atomic mass is 10.0. The van der Waals surface area contributed by atoms with Crippen molar-refractivity contribution in [1.29, 1.82) is 0 Å². The van der Waals surface area contributed by atoms with Crippen LogP contribution in [0.2, 0.25) is 0 Å². The Morgan fingerprint density at radius 3 is 1.63 bits per heavy atom. The lowest BCUT2D eigenvalue weighted by Crippen LogP contribution is -1.85. The van der Waals surface area contributed by atoms with Crippen molar-refractivity contribution in [3.63, 3.8) is 0 Å². The highest BCUT2D eigenvalue weighted by molar-refractivity contribution is 7.23. The number of thiophene rings is 2. The zero-order valence-corrected chi connectivity index (χ0v) is 17.0. The molecule has 0 saturated heterocycles. The van der Waals surface area contributed by atoms with Crippen molar-refractivity contribution < 1.29 is 0 Å². The molecule has 2 heterocycles. The summed E-state index contributed by atoms with van der Waals surface area (Å²) in [6, 6.07) is 29.1. The van der Waals surface area contributed by atoms with Crippen LogP contribution in [0.15, 0.2) is 78.9 Å². The highest BCUT2D eigenvalue weighted by Crippen LogP contribution is 2.40. The molecule has 0 N–H and O–H groups in total. The summed E-state index contributed by atoms with van der Waals surface area (Å²) in [4.78, 5) is 2.69. The fourth-order valence-electron chi connectivity index (χ4n) is 3.49. The molecule has 132 valence electrons. The predicted molar refractivity (Wildman–Crippen MR) is 122 cm³/mol. The van der Waals surface area contributed by atoms with Crippen LogP contribution < -0.4 is 0 Å². The third kappa shape index (κ3) is 3.09. The topological polar surface area (TPSA) is 0 Å². The van der Waals surface area contributed by atoms with Crippen molar-refractivity contribution in [2.45, 2.75) is 19.8 Å². The normalized spacial score (nSPS) is 11.7. The molecule has 0 nitrogen and oxygen atoms in total. The molecule has 5 rings (SSSR count). The highest BCUT2D eigenvalue weighted by atomic mass is 32.1. The van der Waals surface area contributed by atoms with Gasteiger partial charge in [0, 0.05) is 19.2 Å². The molecular formula is C25H20S2. The maximum atomic E-state index is 2.35. The summed E-state index contributed by atoms with van der Waals surface area (Å²) in [7, 11) is 0. The lowest BCUT2D eigenvalue weighted by Gasteiger charge is -2.05. The molecule has 0 spiro atoms. The highest BCUT2D eigenvalue weighted by Gasteiger charge is 2.10. The molecular weight excluding hydrogens is 364 g/mol. The molecule has 5 aromatic rings. The van der Waals surface area contributed by atoms with Crippen molar-refractivity contribution in [2.75, 3.05) is 0 Å². The summed E-state index contributed by atoms with van der Waals surface area (Å²) in [5.41, 5.74) is 4.01. The van der Waals surface area contributed by atoms with Gasteiger partial charge >= 0.3 is 0 Å². The molecule has 0 fully saturated rings. The van der Waals surface area contributed by atoms with Gasteiger partial charge in [-0.05, 0) is 57.6 Å². The molecule has 0 unspecified atom stereocenters. The summed E-state index contributed by atoms with van der Waals surface area (Å²) < 4.78 is 2.73. The van der Waals surface area contributed by atoms with E-state index in [0.717, 1.165) is 0 Å². The quantitative estimate of drug-likeness (QED) is 0.292.